The summed E-state index contributed by atoms with van der Waals surface area (Å²) in [6, 6.07) is 21.4. The van der Waals surface area contributed by atoms with E-state index in [1.807, 2.05) is 6.07 Å². The number of hydrogen-bond donors (Lipinski definition) is 1. The van der Waals surface area contributed by atoms with Crippen molar-refractivity contribution in [3.05, 3.63) is 83.5 Å². The van der Waals surface area contributed by atoms with Crippen LogP contribution < -0.4 is 20.6 Å². The molecule has 0 saturated carbocycles. The molecule has 3 aromatic rings. The van der Waals surface area contributed by atoms with E-state index in [9.17, 15) is 0 Å². The summed E-state index contributed by atoms with van der Waals surface area (Å²) >= 11 is 0. The molecule has 4 rings (SSSR count). The number of benzene rings is 2. The molecule has 0 radical (unpaired) electrons. The molecule has 128 valence electrons. The highest BCUT2D eigenvalue weighted by atomic mass is 16.5. The number of hydrogen-bond acceptors (Lipinski definition) is 4. The molecule has 1 N–H and O–H groups in total. The van der Waals surface area contributed by atoms with E-state index in [4.69, 9.17) is 9.93 Å². The van der Waals surface area contributed by atoms with Crippen LogP contribution in [0.25, 0.3) is 0 Å². The minimum atomic E-state index is 0.0722. The van der Waals surface area contributed by atoms with E-state index in [0.29, 0.717) is 0 Å². The lowest BCUT2D eigenvalue weighted by Crippen LogP contribution is -2.66. The summed E-state index contributed by atoms with van der Waals surface area (Å²) in [4.78, 5) is 4.15. The first kappa shape index (κ1) is 15.7. The highest BCUT2D eigenvalue weighted by Crippen LogP contribution is 2.25. The second-order valence-electron chi connectivity index (χ2n) is 6.28. The first-order valence-corrected chi connectivity index (χ1v) is 8.48. The van der Waals surface area contributed by atoms with E-state index in [2.05, 4.69) is 69.8 Å². The van der Waals surface area contributed by atoms with Crippen LogP contribution in [-0.4, -0.2) is 24.5 Å². The van der Waals surface area contributed by atoms with Crippen molar-refractivity contribution in [2.75, 3.05) is 24.6 Å². The van der Waals surface area contributed by atoms with Gasteiger partial charge in [0.25, 0.3) is 11.8 Å². The van der Waals surface area contributed by atoms with E-state index in [-0.39, 0.29) is 11.6 Å². The molecule has 6 nitrogen and oxygen atoms in total. The third kappa shape index (κ3) is 3.49. The SMILES string of the molecule is N=c1c[n+](N2CCN(Cc3ccccc3)C(c3ccccc3)C2)[n-]o1. The Morgan fingerprint density at radius 2 is 1.76 bits per heavy atom. The summed E-state index contributed by atoms with van der Waals surface area (Å²) in [6.07, 6.45) is 1.61. The molecule has 0 amide bonds. The van der Waals surface area contributed by atoms with E-state index < -0.39 is 0 Å². The number of piperazine rings is 1. The van der Waals surface area contributed by atoms with Crippen molar-refractivity contribution in [3.8, 4) is 0 Å². The van der Waals surface area contributed by atoms with Gasteiger partial charge in [-0.3, -0.25) is 15.3 Å². The standard InChI is InChI=1S/C19H21N5O/c20-19-15-24(21-25-19)23-12-11-22(13-16-7-3-1-4-8-16)18(14-23)17-9-5-2-6-10-17/h1-10,15,18,20H,11-14H2. The van der Waals surface area contributed by atoms with Crippen LogP contribution in [-0.2, 0) is 6.54 Å². The molecule has 1 aliphatic rings. The zero-order valence-corrected chi connectivity index (χ0v) is 14.0. The lowest BCUT2D eigenvalue weighted by atomic mass is 10.0. The molecule has 25 heavy (non-hydrogen) atoms. The molecule has 1 aromatic heterocycles. The number of aromatic nitrogens is 2. The van der Waals surface area contributed by atoms with Crippen molar-refractivity contribution >= 4 is 0 Å². The monoisotopic (exact) mass is 335 g/mol. The predicted octanol–water partition coefficient (Wildman–Crippen LogP) is 1.20. The Bertz CT molecular complexity index is 858. The zero-order chi connectivity index (χ0) is 17.1. The molecular formula is C19H21N5O. The van der Waals surface area contributed by atoms with E-state index in [0.717, 1.165) is 26.2 Å². The zero-order valence-electron chi connectivity index (χ0n) is 14.0. The summed E-state index contributed by atoms with van der Waals surface area (Å²) in [5.74, 6) is 0. The Morgan fingerprint density at radius 1 is 1.04 bits per heavy atom. The van der Waals surface area contributed by atoms with Crippen molar-refractivity contribution in [2.24, 2.45) is 0 Å². The third-order valence-corrected chi connectivity index (χ3v) is 4.63. The first-order chi connectivity index (χ1) is 12.3. The summed E-state index contributed by atoms with van der Waals surface area (Å²) in [6.45, 7) is 3.48. The van der Waals surface area contributed by atoms with Gasteiger partial charge in [0, 0.05) is 32.2 Å². The number of nitrogens with zero attached hydrogens (tertiary/aromatic N) is 4. The van der Waals surface area contributed by atoms with Gasteiger partial charge in [0.15, 0.2) is 0 Å². The minimum Gasteiger partial charge on any atom is -0.380 e. The van der Waals surface area contributed by atoms with Crippen LogP contribution >= 0.6 is 0 Å². The lowest BCUT2D eigenvalue weighted by molar-refractivity contribution is -0.765. The summed E-state index contributed by atoms with van der Waals surface area (Å²) in [5, 5.41) is 13.6. The van der Waals surface area contributed by atoms with Crippen molar-refractivity contribution in [2.45, 2.75) is 12.6 Å². The van der Waals surface area contributed by atoms with Crippen LogP contribution in [0.15, 0.2) is 71.4 Å². The first-order valence-electron chi connectivity index (χ1n) is 8.48. The average molecular weight is 335 g/mol. The van der Waals surface area contributed by atoms with Crippen molar-refractivity contribution in [3.63, 3.8) is 0 Å². The smallest absolute Gasteiger partial charge is 0.286 e. The Hall–Kier alpha value is -2.86. The summed E-state index contributed by atoms with van der Waals surface area (Å²) in [5.41, 5.74) is 2.68. The maximum atomic E-state index is 7.55. The lowest BCUT2D eigenvalue weighted by Gasteiger charge is -2.42. The van der Waals surface area contributed by atoms with Crippen molar-refractivity contribution in [1.82, 2.24) is 10.2 Å². The fourth-order valence-electron chi connectivity index (χ4n) is 3.36. The molecule has 0 spiro atoms. The molecular weight excluding hydrogens is 314 g/mol. The molecule has 1 atom stereocenters. The molecule has 2 aromatic carbocycles. The van der Waals surface area contributed by atoms with E-state index in [1.165, 1.54) is 11.1 Å². The molecule has 0 aliphatic carbocycles. The topological polar surface area (TPSA) is 61.5 Å². The second kappa shape index (κ2) is 6.94. The van der Waals surface area contributed by atoms with Crippen LogP contribution in [0.1, 0.15) is 17.2 Å². The largest absolute Gasteiger partial charge is 0.380 e. The van der Waals surface area contributed by atoms with E-state index in [1.54, 1.807) is 11.0 Å². The van der Waals surface area contributed by atoms with Gasteiger partial charge in [0.1, 0.15) is 0 Å². The molecule has 6 heteroatoms. The van der Waals surface area contributed by atoms with Crippen LogP contribution in [0.4, 0.5) is 0 Å². The highest BCUT2D eigenvalue weighted by Gasteiger charge is 2.28. The molecule has 1 saturated heterocycles. The normalized spacial score (nSPS) is 18.4. The maximum Gasteiger partial charge on any atom is 0.286 e. The fourth-order valence-corrected chi connectivity index (χ4v) is 3.36. The van der Waals surface area contributed by atoms with Gasteiger partial charge in [-0.1, -0.05) is 65.5 Å². The van der Waals surface area contributed by atoms with Gasteiger partial charge in [0.05, 0.1) is 0 Å². The summed E-state index contributed by atoms with van der Waals surface area (Å²) in [7, 11) is 0. The molecule has 0 bridgehead atoms. The Morgan fingerprint density at radius 3 is 2.44 bits per heavy atom. The average Bonchev–Trinajstić information content (AvgIpc) is 3.10. The van der Waals surface area contributed by atoms with Gasteiger partial charge >= 0.3 is 0 Å². The minimum absolute atomic E-state index is 0.0722. The molecule has 2 heterocycles. The van der Waals surface area contributed by atoms with Gasteiger partial charge in [-0.25, -0.2) is 0 Å². The van der Waals surface area contributed by atoms with Gasteiger partial charge in [0.2, 0.25) is 0 Å². The quantitative estimate of drug-likeness (QED) is 0.728. The Labute approximate surface area is 146 Å². The fraction of sp³-hybridized carbons (Fsp3) is 0.263. The highest BCUT2D eigenvalue weighted by molar-refractivity contribution is 5.22. The van der Waals surface area contributed by atoms with Crippen LogP contribution in [0.5, 0.6) is 0 Å². The predicted molar refractivity (Wildman–Crippen MR) is 92.1 cm³/mol. The van der Waals surface area contributed by atoms with Crippen molar-refractivity contribution in [1.29, 1.82) is 5.41 Å². The van der Waals surface area contributed by atoms with Crippen LogP contribution in [0.2, 0.25) is 0 Å². The van der Waals surface area contributed by atoms with E-state index >= 15 is 0 Å². The number of rotatable bonds is 4. The third-order valence-electron chi connectivity index (χ3n) is 4.63. The Kier molecular flexibility index (Phi) is 4.35. The van der Waals surface area contributed by atoms with Gasteiger partial charge in [-0.15, -0.1) is 0 Å². The second-order valence-corrected chi connectivity index (χ2v) is 6.28. The summed E-state index contributed by atoms with van der Waals surface area (Å²) < 4.78 is 4.91. The van der Waals surface area contributed by atoms with Crippen molar-refractivity contribution < 1.29 is 9.31 Å². The van der Waals surface area contributed by atoms with Crippen LogP contribution in [0, 0.1) is 5.41 Å². The van der Waals surface area contributed by atoms with Gasteiger partial charge in [-0.05, 0) is 16.4 Å². The molecule has 1 unspecified atom stereocenters. The Balaban J connectivity index is 1.59. The maximum absolute atomic E-state index is 7.55. The molecule has 1 aliphatic heterocycles. The van der Waals surface area contributed by atoms with Gasteiger partial charge in [-0.2, -0.15) is 0 Å². The molecule has 1 fully saturated rings. The van der Waals surface area contributed by atoms with Crippen LogP contribution in [0.3, 0.4) is 0 Å². The number of nitrogens with one attached hydrogen (secondary N) is 1. The van der Waals surface area contributed by atoms with Gasteiger partial charge < -0.3 is 4.52 Å².